The summed E-state index contributed by atoms with van der Waals surface area (Å²) in [6, 6.07) is 0.0451. The van der Waals surface area contributed by atoms with E-state index in [1.54, 1.807) is 0 Å². The number of halogens is 2. The van der Waals surface area contributed by atoms with Crippen LogP contribution in [0.25, 0.3) is 0 Å². The average molecular weight is 163 g/mol. The van der Waals surface area contributed by atoms with Crippen molar-refractivity contribution < 1.29 is 8.78 Å². The average Bonchev–Trinajstić information content (AvgIpc) is 1.85. The van der Waals surface area contributed by atoms with E-state index in [1.165, 1.54) is 0 Å². The van der Waals surface area contributed by atoms with Crippen molar-refractivity contribution >= 4 is 0 Å². The lowest BCUT2D eigenvalue weighted by Gasteiger charge is -2.29. The number of hydrogen-bond acceptors (Lipinski definition) is 1. The molecular formula is C8H15F2N. The first-order valence-corrected chi connectivity index (χ1v) is 4.25. The molecular weight excluding hydrogens is 148 g/mol. The minimum atomic E-state index is -2.41. The van der Waals surface area contributed by atoms with Crippen LogP contribution in [0, 0.1) is 0 Å². The van der Waals surface area contributed by atoms with Crippen molar-refractivity contribution in [2.75, 3.05) is 6.54 Å². The molecule has 1 rings (SSSR count). The summed E-state index contributed by atoms with van der Waals surface area (Å²) in [6.07, 6.45) is 1.89. The van der Waals surface area contributed by atoms with Gasteiger partial charge >= 0.3 is 0 Å². The highest BCUT2D eigenvalue weighted by Crippen LogP contribution is 2.28. The Bertz CT molecular complexity index is 123. The SMILES string of the molecule is CCC[C@H]1CC(F)(F)CCN1. The highest BCUT2D eigenvalue weighted by Gasteiger charge is 2.35. The summed E-state index contributed by atoms with van der Waals surface area (Å²) in [5.74, 6) is -2.41. The minimum Gasteiger partial charge on any atom is -0.314 e. The standard InChI is InChI=1S/C8H15F2N/c1-2-3-7-6-8(9,10)4-5-11-7/h7,11H,2-6H2,1H3/t7-/m0/s1. The Balaban J connectivity index is 2.34. The molecule has 1 fully saturated rings. The van der Waals surface area contributed by atoms with Gasteiger partial charge in [-0.2, -0.15) is 0 Å². The van der Waals surface area contributed by atoms with Gasteiger partial charge < -0.3 is 5.32 Å². The molecule has 0 bridgehead atoms. The molecule has 1 saturated heterocycles. The molecule has 0 aromatic carbocycles. The van der Waals surface area contributed by atoms with Crippen molar-refractivity contribution in [2.24, 2.45) is 0 Å². The lowest BCUT2D eigenvalue weighted by Crippen LogP contribution is -2.43. The summed E-state index contributed by atoms with van der Waals surface area (Å²) >= 11 is 0. The van der Waals surface area contributed by atoms with Gasteiger partial charge in [0.15, 0.2) is 0 Å². The molecule has 1 aliphatic rings. The van der Waals surface area contributed by atoms with Gasteiger partial charge in [0.2, 0.25) is 0 Å². The van der Waals surface area contributed by atoms with Crippen LogP contribution >= 0.6 is 0 Å². The van der Waals surface area contributed by atoms with E-state index in [-0.39, 0.29) is 18.9 Å². The van der Waals surface area contributed by atoms with E-state index in [0.29, 0.717) is 6.54 Å². The Morgan fingerprint density at radius 1 is 1.55 bits per heavy atom. The Morgan fingerprint density at radius 2 is 2.27 bits per heavy atom. The third-order valence-corrected chi connectivity index (χ3v) is 2.11. The predicted molar refractivity (Wildman–Crippen MR) is 40.9 cm³/mol. The van der Waals surface area contributed by atoms with Crippen LogP contribution in [0.2, 0.25) is 0 Å². The number of piperidine rings is 1. The van der Waals surface area contributed by atoms with Crippen molar-refractivity contribution in [1.82, 2.24) is 5.32 Å². The van der Waals surface area contributed by atoms with Crippen LogP contribution in [0.4, 0.5) is 8.78 Å². The van der Waals surface area contributed by atoms with Gasteiger partial charge in [-0.15, -0.1) is 0 Å². The van der Waals surface area contributed by atoms with Gasteiger partial charge in [0, 0.05) is 25.4 Å². The van der Waals surface area contributed by atoms with Crippen LogP contribution in [0.5, 0.6) is 0 Å². The van der Waals surface area contributed by atoms with Gasteiger partial charge in [0.1, 0.15) is 0 Å². The lowest BCUT2D eigenvalue weighted by atomic mass is 9.98. The van der Waals surface area contributed by atoms with E-state index in [2.05, 4.69) is 5.32 Å². The highest BCUT2D eigenvalue weighted by molar-refractivity contribution is 4.82. The third kappa shape index (κ3) is 2.73. The predicted octanol–water partition coefficient (Wildman–Crippen LogP) is 2.17. The van der Waals surface area contributed by atoms with Gasteiger partial charge in [-0.05, 0) is 6.42 Å². The summed E-state index contributed by atoms with van der Waals surface area (Å²) in [5.41, 5.74) is 0. The second-order valence-corrected chi connectivity index (χ2v) is 3.25. The summed E-state index contributed by atoms with van der Waals surface area (Å²) < 4.78 is 25.5. The number of alkyl halides is 2. The molecule has 1 atom stereocenters. The summed E-state index contributed by atoms with van der Waals surface area (Å²) in [7, 11) is 0. The van der Waals surface area contributed by atoms with E-state index in [4.69, 9.17) is 0 Å². The largest absolute Gasteiger partial charge is 0.314 e. The maximum absolute atomic E-state index is 12.7. The van der Waals surface area contributed by atoms with Crippen LogP contribution in [0.15, 0.2) is 0 Å². The molecule has 0 aromatic heterocycles. The van der Waals surface area contributed by atoms with Gasteiger partial charge in [-0.3, -0.25) is 0 Å². The molecule has 3 heteroatoms. The van der Waals surface area contributed by atoms with E-state index in [9.17, 15) is 8.78 Å². The van der Waals surface area contributed by atoms with Gasteiger partial charge in [-0.1, -0.05) is 13.3 Å². The summed E-state index contributed by atoms with van der Waals surface area (Å²) in [5, 5.41) is 3.10. The van der Waals surface area contributed by atoms with Gasteiger partial charge in [-0.25, -0.2) is 8.78 Å². The Labute approximate surface area is 66.2 Å². The first-order chi connectivity index (χ1) is 5.14. The summed E-state index contributed by atoms with van der Waals surface area (Å²) in [6.45, 7) is 2.49. The third-order valence-electron chi connectivity index (χ3n) is 2.11. The fraction of sp³-hybridized carbons (Fsp3) is 1.00. The summed E-state index contributed by atoms with van der Waals surface area (Å²) in [4.78, 5) is 0. The number of hydrogen-bond donors (Lipinski definition) is 1. The van der Waals surface area contributed by atoms with E-state index < -0.39 is 5.92 Å². The quantitative estimate of drug-likeness (QED) is 0.657. The van der Waals surface area contributed by atoms with Crippen LogP contribution < -0.4 is 5.32 Å². The van der Waals surface area contributed by atoms with Crippen molar-refractivity contribution in [3.8, 4) is 0 Å². The van der Waals surface area contributed by atoms with E-state index in [0.717, 1.165) is 12.8 Å². The monoisotopic (exact) mass is 163 g/mol. The van der Waals surface area contributed by atoms with Gasteiger partial charge in [0.05, 0.1) is 0 Å². The van der Waals surface area contributed by atoms with Crippen LogP contribution in [0.1, 0.15) is 32.6 Å². The molecule has 1 nitrogen and oxygen atoms in total. The molecule has 1 aliphatic heterocycles. The molecule has 0 aliphatic carbocycles. The van der Waals surface area contributed by atoms with E-state index >= 15 is 0 Å². The van der Waals surface area contributed by atoms with Crippen molar-refractivity contribution in [3.63, 3.8) is 0 Å². The number of nitrogens with one attached hydrogen (secondary N) is 1. The molecule has 0 unspecified atom stereocenters. The Morgan fingerprint density at radius 3 is 2.82 bits per heavy atom. The molecule has 11 heavy (non-hydrogen) atoms. The highest BCUT2D eigenvalue weighted by atomic mass is 19.3. The van der Waals surface area contributed by atoms with Gasteiger partial charge in [0.25, 0.3) is 5.92 Å². The molecule has 0 radical (unpaired) electrons. The first kappa shape index (κ1) is 8.91. The van der Waals surface area contributed by atoms with Crippen molar-refractivity contribution in [1.29, 1.82) is 0 Å². The molecule has 0 amide bonds. The zero-order valence-electron chi connectivity index (χ0n) is 6.87. The van der Waals surface area contributed by atoms with Crippen LogP contribution in [-0.4, -0.2) is 18.5 Å². The maximum Gasteiger partial charge on any atom is 0.250 e. The Hall–Kier alpha value is -0.180. The Kier molecular flexibility index (Phi) is 2.82. The van der Waals surface area contributed by atoms with Crippen LogP contribution in [0.3, 0.4) is 0 Å². The fourth-order valence-electron chi connectivity index (χ4n) is 1.55. The second kappa shape index (κ2) is 3.48. The van der Waals surface area contributed by atoms with Crippen LogP contribution in [-0.2, 0) is 0 Å². The fourth-order valence-corrected chi connectivity index (χ4v) is 1.55. The molecule has 0 aromatic rings. The molecule has 1 N–H and O–H groups in total. The zero-order chi connectivity index (χ0) is 8.32. The first-order valence-electron chi connectivity index (χ1n) is 4.25. The van der Waals surface area contributed by atoms with Crippen molar-refractivity contribution in [2.45, 2.75) is 44.6 Å². The zero-order valence-corrected chi connectivity index (χ0v) is 6.87. The maximum atomic E-state index is 12.7. The molecule has 66 valence electrons. The molecule has 1 heterocycles. The lowest BCUT2D eigenvalue weighted by molar-refractivity contribution is -0.0419. The topological polar surface area (TPSA) is 12.0 Å². The minimum absolute atomic E-state index is 0.00716. The number of rotatable bonds is 2. The smallest absolute Gasteiger partial charge is 0.250 e. The normalized spacial score (nSPS) is 30.3. The van der Waals surface area contributed by atoms with E-state index in [1.807, 2.05) is 6.92 Å². The van der Waals surface area contributed by atoms with Crippen molar-refractivity contribution in [3.05, 3.63) is 0 Å². The molecule has 0 saturated carbocycles. The molecule has 0 spiro atoms. The second-order valence-electron chi connectivity index (χ2n) is 3.25.